The molecule has 1 heterocycles. The van der Waals surface area contributed by atoms with E-state index in [1.165, 1.54) is 93.9 Å². The van der Waals surface area contributed by atoms with Crippen molar-refractivity contribution >= 4 is 32.6 Å². The number of rotatable bonds is 2. The Morgan fingerprint density at radius 1 is 0.477 bits per heavy atom. The van der Waals surface area contributed by atoms with E-state index < -0.39 is 0 Å². The quantitative estimate of drug-likeness (QED) is 0.198. The van der Waals surface area contributed by atoms with E-state index >= 15 is 0 Å². The SMILES string of the molecule is CC1(C)c2ccccc2-c2ccc3c4ccccc4n(-c4cccc(-c5ccc6c(c5)-c5cccc7cccc-6c57)c4)c3c21. The fraction of sp³-hybridized carbons (Fsp3) is 0.0698. The average molecular weight is 560 g/mol. The van der Waals surface area contributed by atoms with Crippen LogP contribution in [0.15, 0.2) is 140 Å². The second kappa shape index (κ2) is 8.36. The molecular weight excluding hydrogens is 530 g/mol. The van der Waals surface area contributed by atoms with Gasteiger partial charge in [0.05, 0.1) is 11.0 Å². The Hall–Kier alpha value is -5.40. The van der Waals surface area contributed by atoms with E-state index in [9.17, 15) is 0 Å². The number of para-hydroxylation sites is 1. The molecule has 0 fully saturated rings. The molecule has 0 spiro atoms. The second-order valence-electron chi connectivity index (χ2n) is 12.9. The molecular formula is C43H29N. The molecule has 0 amide bonds. The molecule has 44 heavy (non-hydrogen) atoms. The molecule has 7 aromatic carbocycles. The van der Waals surface area contributed by atoms with Gasteiger partial charge in [-0.05, 0) is 90.7 Å². The van der Waals surface area contributed by atoms with Crippen LogP contribution in [0.1, 0.15) is 25.0 Å². The third kappa shape index (κ3) is 2.99. The maximum atomic E-state index is 2.52. The first-order valence-corrected chi connectivity index (χ1v) is 15.5. The first-order valence-electron chi connectivity index (χ1n) is 15.5. The van der Waals surface area contributed by atoms with E-state index in [2.05, 4.69) is 158 Å². The van der Waals surface area contributed by atoms with Crippen molar-refractivity contribution in [1.82, 2.24) is 4.57 Å². The van der Waals surface area contributed by atoms with Crippen molar-refractivity contribution in [2.24, 2.45) is 0 Å². The highest BCUT2D eigenvalue weighted by Gasteiger charge is 2.38. The maximum absolute atomic E-state index is 2.52. The molecule has 0 N–H and O–H groups in total. The smallest absolute Gasteiger partial charge is 0.0588 e. The lowest BCUT2D eigenvalue weighted by atomic mass is 9.81. The molecule has 10 rings (SSSR count). The minimum Gasteiger partial charge on any atom is -0.309 e. The number of nitrogens with zero attached hydrogens (tertiary/aromatic N) is 1. The Morgan fingerprint density at radius 2 is 1.18 bits per heavy atom. The largest absolute Gasteiger partial charge is 0.309 e. The van der Waals surface area contributed by atoms with E-state index in [-0.39, 0.29) is 5.41 Å². The van der Waals surface area contributed by atoms with Gasteiger partial charge in [-0.25, -0.2) is 0 Å². The molecule has 1 heteroatoms. The molecule has 0 aliphatic heterocycles. The number of fused-ring (bicyclic) bond motifs is 10. The fourth-order valence-corrected chi connectivity index (χ4v) is 8.38. The fourth-order valence-electron chi connectivity index (χ4n) is 8.38. The Labute approximate surface area is 256 Å². The summed E-state index contributed by atoms with van der Waals surface area (Å²) >= 11 is 0. The lowest BCUT2D eigenvalue weighted by Gasteiger charge is -2.23. The molecule has 0 saturated carbocycles. The lowest BCUT2D eigenvalue weighted by Crippen LogP contribution is -2.16. The van der Waals surface area contributed by atoms with Crippen LogP contribution in [0.5, 0.6) is 0 Å². The predicted molar refractivity (Wildman–Crippen MR) is 186 cm³/mol. The van der Waals surface area contributed by atoms with Crippen molar-refractivity contribution in [3.8, 4) is 50.2 Å². The number of aromatic nitrogens is 1. The summed E-state index contributed by atoms with van der Waals surface area (Å²) in [7, 11) is 0. The molecule has 1 nitrogen and oxygen atoms in total. The molecule has 206 valence electrons. The van der Waals surface area contributed by atoms with Crippen LogP contribution < -0.4 is 0 Å². The zero-order chi connectivity index (χ0) is 29.2. The standard InChI is InChI=1S/C43H29N/c1-43(2)38-18-5-3-14-31(38)35-22-23-36-32-15-4-6-19-39(32)44(42(36)41(35)43)29-13-7-12-27(24-29)28-20-21-30-33-16-8-10-26-11-9-17-34(40(26)33)37(30)25-28/h3-25H,1-2H3. The summed E-state index contributed by atoms with van der Waals surface area (Å²) < 4.78 is 2.52. The third-order valence-corrected chi connectivity index (χ3v) is 10.3. The normalized spacial score (nSPS) is 13.9. The monoisotopic (exact) mass is 559 g/mol. The van der Waals surface area contributed by atoms with Crippen LogP contribution >= 0.6 is 0 Å². The third-order valence-electron chi connectivity index (χ3n) is 10.3. The highest BCUT2D eigenvalue weighted by atomic mass is 15.0. The van der Waals surface area contributed by atoms with Crippen LogP contribution in [0.2, 0.25) is 0 Å². The van der Waals surface area contributed by atoms with Gasteiger partial charge in [0.2, 0.25) is 0 Å². The molecule has 0 saturated heterocycles. The molecule has 2 aliphatic rings. The highest BCUT2D eigenvalue weighted by Crippen LogP contribution is 2.53. The van der Waals surface area contributed by atoms with E-state index in [1.807, 2.05) is 0 Å². The molecule has 0 radical (unpaired) electrons. The summed E-state index contributed by atoms with van der Waals surface area (Å²) in [6, 6.07) is 52.0. The molecule has 2 aliphatic carbocycles. The average Bonchev–Trinajstić information content (AvgIpc) is 3.66. The van der Waals surface area contributed by atoms with Gasteiger partial charge in [-0.15, -0.1) is 0 Å². The second-order valence-corrected chi connectivity index (χ2v) is 12.9. The zero-order valence-electron chi connectivity index (χ0n) is 24.7. The Morgan fingerprint density at radius 3 is 2.07 bits per heavy atom. The van der Waals surface area contributed by atoms with E-state index in [0.29, 0.717) is 0 Å². The van der Waals surface area contributed by atoms with Crippen molar-refractivity contribution in [2.45, 2.75) is 19.3 Å². The van der Waals surface area contributed by atoms with Crippen LogP contribution in [-0.4, -0.2) is 4.57 Å². The number of hydrogen-bond acceptors (Lipinski definition) is 0. The van der Waals surface area contributed by atoms with Crippen LogP contribution in [0.4, 0.5) is 0 Å². The molecule has 0 atom stereocenters. The van der Waals surface area contributed by atoms with Gasteiger partial charge < -0.3 is 4.57 Å². The van der Waals surface area contributed by atoms with E-state index in [1.54, 1.807) is 0 Å². The topological polar surface area (TPSA) is 4.93 Å². The minimum absolute atomic E-state index is 0.106. The molecule has 0 unspecified atom stereocenters. The first-order chi connectivity index (χ1) is 21.6. The Balaban J connectivity index is 1.21. The van der Waals surface area contributed by atoms with Gasteiger partial charge in [0.25, 0.3) is 0 Å². The van der Waals surface area contributed by atoms with E-state index in [4.69, 9.17) is 0 Å². The maximum Gasteiger partial charge on any atom is 0.0588 e. The van der Waals surface area contributed by atoms with Crippen molar-refractivity contribution in [3.05, 3.63) is 151 Å². The molecule has 1 aromatic heterocycles. The number of benzene rings is 7. The summed E-state index contributed by atoms with van der Waals surface area (Å²) in [4.78, 5) is 0. The summed E-state index contributed by atoms with van der Waals surface area (Å²) in [5.74, 6) is 0. The Kier molecular flexibility index (Phi) is 4.58. The minimum atomic E-state index is -0.106. The van der Waals surface area contributed by atoms with Gasteiger partial charge in [0.15, 0.2) is 0 Å². The summed E-state index contributed by atoms with van der Waals surface area (Å²) in [5.41, 5.74) is 17.0. The van der Waals surface area contributed by atoms with Crippen molar-refractivity contribution in [3.63, 3.8) is 0 Å². The highest BCUT2D eigenvalue weighted by molar-refractivity contribution is 6.16. The zero-order valence-corrected chi connectivity index (χ0v) is 24.7. The number of hydrogen-bond donors (Lipinski definition) is 0. The van der Waals surface area contributed by atoms with E-state index in [0.717, 1.165) is 0 Å². The lowest BCUT2D eigenvalue weighted by molar-refractivity contribution is 0.664. The summed E-state index contributed by atoms with van der Waals surface area (Å²) in [6.45, 7) is 4.78. The first kappa shape index (κ1) is 24.1. The Bertz CT molecular complexity index is 2520. The van der Waals surface area contributed by atoms with Gasteiger partial charge in [-0.1, -0.05) is 129 Å². The molecule has 0 bridgehead atoms. The predicted octanol–water partition coefficient (Wildman–Crippen LogP) is 11.6. The van der Waals surface area contributed by atoms with Crippen LogP contribution in [0, 0.1) is 0 Å². The molecule has 8 aromatic rings. The van der Waals surface area contributed by atoms with Crippen LogP contribution in [0.3, 0.4) is 0 Å². The van der Waals surface area contributed by atoms with Gasteiger partial charge in [-0.2, -0.15) is 0 Å². The van der Waals surface area contributed by atoms with Crippen LogP contribution in [0.25, 0.3) is 82.8 Å². The van der Waals surface area contributed by atoms with Crippen molar-refractivity contribution in [2.75, 3.05) is 0 Å². The summed E-state index contributed by atoms with van der Waals surface area (Å²) in [6.07, 6.45) is 0. The van der Waals surface area contributed by atoms with Gasteiger partial charge >= 0.3 is 0 Å². The van der Waals surface area contributed by atoms with Crippen molar-refractivity contribution < 1.29 is 0 Å². The van der Waals surface area contributed by atoms with Gasteiger partial charge in [-0.3, -0.25) is 0 Å². The van der Waals surface area contributed by atoms with Crippen LogP contribution in [-0.2, 0) is 5.41 Å². The van der Waals surface area contributed by atoms with Gasteiger partial charge in [0.1, 0.15) is 0 Å². The van der Waals surface area contributed by atoms with Gasteiger partial charge in [0, 0.05) is 21.9 Å². The van der Waals surface area contributed by atoms with Crippen molar-refractivity contribution in [1.29, 1.82) is 0 Å². The summed E-state index contributed by atoms with van der Waals surface area (Å²) in [5, 5.41) is 5.29.